The fraction of sp³-hybridized carbons (Fsp3) is 0.188. The maximum Gasteiger partial charge on any atom is 0.264 e. The van der Waals surface area contributed by atoms with Gasteiger partial charge in [0.15, 0.2) is 0 Å². The first-order valence-electron chi connectivity index (χ1n) is 6.97. The average molecular weight is 350 g/mol. The van der Waals surface area contributed by atoms with Gasteiger partial charge in [-0.2, -0.15) is 0 Å². The van der Waals surface area contributed by atoms with Crippen LogP contribution >= 0.6 is 11.6 Å². The van der Waals surface area contributed by atoms with Gasteiger partial charge < -0.3 is 4.57 Å². The minimum atomic E-state index is -3.68. The molecular formula is C16H16ClN3O2S. The number of benzene rings is 2. The first-order valence-corrected chi connectivity index (χ1v) is 8.78. The molecule has 0 radical (unpaired) electrons. The molecule has 7 heteroatoms. The fourth-order valence-corrected chi connectivity index (χ4v) is 3.81. The molecule has 0 saturated heterocycles. The van der Waals surface area contributed by atoms with E-state index in [-0.39, 0.29) is 4.90 Å². The lowest BCUT2D eigenvalue weighted by Gasteiger charge is -2.20. The Morgan fingerprint density at radius 1 is 1.17 bits per heavy atom. The van der Waals surface area contributed by atoms with Gasteiger partial charge in [-0.25, -0.2) is 13.4 Å². The van der Waals surface area contributed by atoms with Gasteiger partial charge in [-0.1, -0.05) is 17.7 Å². The SMILES string of the molecule is Cc1ccc(S(=O)(=O)N(C)c2ccc3c(c2)ncn3C)cc1Cl. The Morgan fingerprint density at radius 3 is 2.61 bits per heavy atom. The molecule has 5 nitrogen and oxygen atoms in total. The van der Waals surface area contributed by atoms with Crippen molar-refractivity contribution in [1.29, 1.82) is 0 Å². The highest BCUT2D eigenvalue weighted by Crippen LogP contribution is 2.27. The van der Waals surface area contributed by atoms with Gasteiger partial charge in [0.1, 0.15) is 0 Å². The van der Waals surface area contributed by atoms with Gasteiger partial charge in [0.25, 0.3) is 10.0 Å². The van der Waals surface area contributed by atoms with E-state index in [1.54, 1.807) is 30.6 Å². The zero-order chi connectivity index (χ0) is 16.8. The molecule has 1 heterocycles. The molecule has 0 aliphatic rings. The number of aryl methyl sites for hydroxylation is 2. The molecule has 0 spiro atoms. The molecule has 0 atom stereocenters. The molecule has 0 amide bonds. The van der Waals surface area contributed by atoms with Crippen molar-refractivity contribution < 1.29 is 8.42 Å². The molecule has 120 valence electrons. The maximum atomic E-state index is 12.8. The number of sulfonamides is 1. The van der Waals surface area contributed by atoms with Crippen molar-refractivity contribution in [1.82, 2.24) is 9.55 Å². The lowest BCUT2D eigenvalue weighted by molar-refractivity contribution is 0.594. The average Bonchev–Trinajstić information content (AvgIpc) is 2.90. The highest BCUT2D eigenvalue weighted by molar-refractivity contribution is 7.92. The van der Waals surface area contributed by atoms with Crippen LogP contribution in [0.4, 0.5) is 5.69 Å². The minimum absolute atomic E-state index is 0.164. The minimum Gasteiger partial charge on any atom is -0.334 e. The molecule has 0 bridgehead atoms. The van der Waals surface area contributed by atoms with Crippen molar-refractivity contribution in [2.24, 2.45) is 7.05 Å². The molecule has 2 aromatic carbocycles. The van der Waals surface area contributed by atoms with Crippen LogP contribution in [0.3, 0.4) is 0 Å². The second-order valence-electron chi connectivity index (χ2n) is 5.41. The third-order valence-corrected chi connectivity index (χ3v) is 6.06. The fourth-order valence-electron chi connectivity index (χ4n) is 2.35. The topological polar surface area (TPSA) is 55.2 Å². The van der Waals surface area contributed by atoms with Crippen LogP contribution in [0.5, 0.6) is 0 Å². The summed E-state index contributed by atoms with van der Waals surface area (Å²) in [6.07, 6.45) is 1.70. The van der Waals surface area contributed by atoms with Crippen molar-refractivity contribution in [3.8, 4) is 0 Å². The van der Waals surface area contributed by atoms with E-state index in [0.29, 0.717) is 10.7 Å². The monoisotopic (exact) mass is 349 g/mol. The zero-order valence-electron chi connectivity index (χ0n) is 13.0. The normalized spacial score (nSPS) is 11.8. The van der Waals surface area contributed by atoms with E-state index in [9.17, 15) is 8.42 Å². The van der Waals surface area contributed by atoms with Crippen LogP contribution < -0.4 is 4.31 Å². The first kappa shape index (κ1) is 15.8. The number of nitrogens with zero attached hydrogens (tertiary/aromatic N) is 3. The standard InChI is InChI=1S/C16H16ClN3O2S/c1-11-4-6-13(9-14(11)17)23(21,22)20(3)12-5-7-16-15(8-12)18-10-19(16)2/h4-10H,1-3H3. The lowest BCUT2D eigenvalue weighted by Crippen LogP contribution is -2.26. The summed E-state index contributed by atoms with van der Waals surface area (Å²) >= 11 is 6.06. The Balaban J connectivity index is 2.05. The summed E-state index contributed by atoms with van der Waals surface area (Å²) in [5.41, 5.74) is 3.07. The number of hydrogen-bond acceptors (Lipinski definition) is 3. The summed E-state index contributed by atoms with van der Waals surface area (Å²) in [6, 6.07) is 10.1. The third kappa shape index (κ3) is 2.68. The number of hydrogen-bond donors (Lipinski definition) is 0. The number of fused-ring (bicyclic) bond motifs is 1. The number of halogens is 1. The first-order chi connectivity index (χ1) is 10.8. The van der Waals surface area contributed by atoms with Gasteiger partial charge in [0.2, 0.25) is 0 Å². The molecule has 0 fully saturated rings. The molecule has 1 aromatic heterocycles. The summed E-state index contributed by atoms with van der Waals surface area (Å²) in [5, 5.41) is 0.430. The van der Waals surface area contributed by atoms with E-state index >= 15 is 0 Å². The van der Waals surface area contributed by atoms with Crippen molar-refractivity contribution in [2.45, 2.75) is 11.8 Å². The molecule has 3 rings (SSSR count). The molecular weight excluding hydrogens is 334 g/mol. The quantitative estimate of drug-likeness (QED) is 0.728. The van der Waals surface area contributed by atoms with Gasteiger partial charge in [-0.15, -0.1) is 0 Å². The Labute approximate surface area is 140 Å². The third-order valence-electron chi connectivity index (χ3n) is 3.87. The van der Waals surface area contributed by atoms with E-state index in [2.05, 4.69) is 4.98 Å². The van der Waals surface area contributed by atoms with E-state index < -0.39 is 10.0 Å². The number of aromatic nitrogens is 2. The van der Waals surface area contributed by atoms with Crippen molar-refractivity contribution >= 4 is 38.3 Å². The summed E-state index contributed by atoms with van der Waals surface area (Å²) in [6.45, 7) is 1.83. The van der Waals surface area contributed by atoms with Crippen molar-refractivity contribution in [3.05, 3.63) is 53.3 Å². The molecule has 0 unspecified atom stereocenters. The molecule has 0 aliphatic heterocycles. The van der Waals surface area contributed by atoms with Gasteiger partial charge >= 0.3 is 0 Å². The van der Waals surface area contributed by atoms with Gasteiger partial charge in [-0.05, 0) is 42.8 Å². The van der Waals surface area contributed by atoms with E-state index in [0.717, 1.165) is 16.6 Å². The Morgan fingerprint density at radius 2 is 1.91 bits per heavy atom. The molecule has 0 saturated carbocycles. The Hall–Kier alpha value is -2.05. The Kier molecular flexibility index (Phi) is 3.82. The van der Waals surface area contributed by atoms with Crippen LogP contribution in [0.1, 0.15) is 5.56 Å². The van der Waals surface area contributed by atoms with Crippen LogP contribution in [-0.4, -0.2) is 25.0 Å². The van der Waals surface area contributed by atoms with Crippen LogP contribution in [0, 0.1) is 6.92 Å². The largest absolute Gasteiger partial charge is 0.334 e. The molecule has 0 aliphatic carbocycles. The zero-order valence-corrected chi connectivity index (χ0v) is 14.6. The van der Waals surface area contributed by atoms with E-state index in [4.69, 9.17) is 11.6 Å². The van der Waals surface area contributed by atoms with Crippen LogP contribution in [0.25, 0.3) is 11.0 Å². The highest BCUT2D eigenvalue weighted by atomic mass is 35.5. The maximum absolute atomic E-state index is 12.8. The van der Waals surface area contributed by atoms with Crippen LogP contribution in [0.15, 0.2) is 47.6 Å². The molecule has 23 heavy (non-hydrogen) atoms. The van der Waals surface area contributed by atoms with Crippen LogP contribution in [-0.2, 0) is 17.1 Å². The van der Waals surface area contributed by atoms with Gasteiger partial charge in [0, 0.05) is 19.1 Å². The van der Waals surface area contributed by atoms with Crippen LogP contribution in [0.2, 0.25) is 5.02 Å². The van der Waals surface area contributed by atoms with E-state index in [1.165, 1.54) is 17.4 Å². The van der Waals surface area contributed by atoms with Gasteiger partial charge in [-0.3, -0.25) is 4.31 Å². The van der Waals surface area contributed by atoms with Crippen molar-refractivity contribution in [3.63, 3.8) is 0 Å². The summed E-state index contributed by atoms with van der Waals surface area (Å²) in [4.78, 5) is 4.43. The highest BCUT2D eigenvalue weighted by Gasteiger charge is 2.22. The second kappa shape index (κ2) is 5.54. The van der Waals surface area contributed by atoms with Crippen molar-refractivity contribution in [2.75, 3.05) is 11.4 Å². The number of imidazole rings is 1. The van der Waals surface area contributed by atoms with Gasteiger partial charge in [0.05, 0.1) is 27.9 Å². The second-order valence-corrected chi connectivity index (χ2v) is 7.79. The lowest BCUT2D eigenvalue weighted by atomic mass is 10.2. The Bertz CT molecular complexity index is 996. The summed E-state index contributed by atoms with van der Waals surface area (Å²) in [7, 11) is -0.265. The summed E-state index contributed by atoms with van der Waals surface area (Å²) < 4.78 is 28.7. The predicted molar refractivity (Wildman–Crippen MR) is 92.5 cm³/mol. The molecule has 0 N–H and O–H groups in total. The number of rotatable bonds is 3. The number of anilines is 1. The van der Waals surface area contributed by atoms with E-state index in [1.807, 2.05) is 24.6 Å². The summed E-state index contributed by atoms with van der Waals surface area (Å²) in [5.74, 6) is 0. The predicted octanol–water partition coefficient (Wildman–Crippen LogP) is 3.36. The molecule has 3 aromatic rings. The smallest absolute Gasteiger partial charge is 0.264 e.